The average molecular weight is 407 g/mol. The van der Waals surface area contributed by atoms with Gasteiger partial charge in [-0.2, -0.15) is 0 Å². The van der Waals surface area contributed by atoms with Crippen LogP contribution in [0.1, 0.15) is 37.0 Å². The smallest absolute Gasteiger partial charge is 0.275 e. The van der Waals surface area contributed by atoms with Gasteiger partial charge in [-0.05, 0) is 44.9 Å². The third kappa shape index (κ3) is 3.49. The van der Waals surface area contributed by atoms with E-state index in [1.807, 2.05) is 9.80 Å². The molecule has 1 atom stereocenters. The summed E-state index contributed by atoms with van der Waals surface area (Å²) in [4.78, 5) is 34.7. The van der Waals surface area contributed by atoms with E-state index in [0.29, 0.717) is 36.0 Å². The molecule has 0 radical (unpaired) electrons. The molecule has 1 aromatic rings. The molecule has 0 spiro atoms. The molecule has 0 bridgehead atoms. The predicted molar refractivity (Wildman–Crippen MR) is 113 cm³/mol. The topological polar surface area (TPSA) is 89.8 Å². The van der Waals surface area contributed by atoms with Gasteiger partial charge in [-0.3, -0.25) is 19.9 Å². The first kappa shape index (κ1) is 19.9. The lowest BCUT2D eigenvalue weighted by Gasteiger charge is -2.33. The highest BCUT2D eigenvalue weighted by Gasteiger charge is 2.29. The Morgan fingerprint density at radius 3 is 2.80 bits per heavy atom. The normalized spacial score (nSPS) is 20.6. The van der Waals surface area contributed by atoms with E-state index in [4.69, 9.17) is 10.1 Å². The van der Waals surface area contributed by atoms with Gasteiger partial charge >= 0.3 is 0 Å². The van der Waals surface area contributed by atoms with Gasteiger partial charge in [-0.15, -0.1) is 0 Å². The van der Waals surface area contributed by atoms with Gasteiger partial charge < -0.3 is 14.5 Å². The van der Waals surface area contributed by atoms with Crippen LogP contribution in [-0.4, -0.2) is 58.0 Å². The van der Waals surface area contributed by atoms with E-state index in [0.717, 1.165) is 25.1 Å². The number of pyridine rings is 1. The van der Waals surface area contributed by atoms with E-state index >= 15 is 0 Å². The minimum absolute atomic E-state index is 0.0163. The lowest BCUT2D eigenvalue weighted by molar-refractivity contribution is -0.120. The molecule has 1 N–H and O–H groups in total. The maximum atomic E-state index is 12.9. The van der Waals surface area contributed by atoms with Crippen molar-refractivity contribution >= 4 is 23.3 Å². The van der Waals surface area contributed by atoms with Crippen molar-refractivity contribution in [2.75, 3.05) is 24.6 Å². The van der Waals surface area contributed by atoms with Crippen molar-refractivity contribution in [1.82, 2.24) is 14.8 Å². The first-order valence-electron chi connectivity index (χ1n) is 10.1. The molecule has 0 aromatic carbocycles. The predicted octanol–water partition coefficient (Wildman–Crippen LogP) is 2.70. The number of nitrogens with one attached hydrogen (secondary N) is 1. The zero-order valence-corrected chi connectivity index (χ0v) is 17.2. The number of likely N-dealkylation sites (tertiary alicyclic amines) is 1. The maximum Gasteiger partial charge on any atom is 0.275 e. The van der Waals surface area contributed by atoms with Gasteiger partial charge in [0, 0.05) is 36.4 Å². The second kappa shape index (κ2) is 7.78. The summed E-state index contributed by atoms with van der Waals surface area (Å²) in [6.07, 6.45) is 8.83. The van der Waals surface area contributed by atoms with Crippen molar-refractivity contribution in [2.45, 2.75) is 32.7 Å². The molecule has 1 unspecified atom stereocenters. The molecular formula is C22H25N5O3. The number of allylic oxidation sites excluding steroid dienone is 2. The number of carbonyl (C=O) groups is 2. The van der Waals surface area contributed by atoms with E-state index in [1.54, 1.807) is 30.6 Å². The van der Waals surface area contributed by atoms with E-state index in [2.05, 4.69) is 18.5 Å². The Morgan fingerprint density at radius 2 is 2.13 bits per heavy atom. The van der Waals surface area contributed by atoms with Crippen LogP contribution >= 0.6 is 0 Å². The number of hydrogen-bond acceptors (Lipinski definition) is 6. The summed E-state index contributed by atoms with van der Waals surface area (Å²) in [5.74, 6) is 0.760. The third-order valence-electron chi connectivity index (χ3n) is 5.59. The van der Waals surface area contributed by atoms with Crippen LogP contribution in [0.4, 0.5) is 5.82 Å². The number of nitrogens with zero attached hydrogens (tertiary/aromatic N) is 4. The highest BCUT2D eigenvalue weighted by Crippen LogP contribution is 2.34. The number of ether oxygens (including phenoxy) is 1. The van der Waals surface area contributed by atoms with Crippen LogP contribution in [-0.2, 0) is 4.79 Å². The molecule has 3 aliphatic rings. The molecule has 1 saturated heterocycles. The standard InChI is InChI=1S/C22H25N5O3/c1-14-5-4-7-25(14)22(29)17-12-19-20(24-13-17)27(9-10-30-19)18-6-8-26(15(2)11-18)21(28)16(3)23/h6,8,11-14,23H,2,4-5,7,9-10H2,1,3H3. The van der Waals surface area contributed by atoms with Crippen molar-refractivity contribution in [3.8, 4) is 5.75 Å². The molecule has 30 heavy (non-hydrogen) atoms. The molecule has 1 fully saturated rings. The fourth-order valence-electron chi connectivity index (χ4n) is 3.95. The highest BCUT2D eigenvalue weighted by molar-refractivity contribution is 6.37. The van der Waals surface area contributed by atoms with Gasteiger partial charge in [0.05, 0.1) is 17.8 Å². The van der Waals surface area contributed by atoms with Crippen molar-refractivity contribution in [2.24, 2.45) is 0 Å². The van der Waals surface area contributed by atoms with Gasteiger partial charge in [0.2, 0.25) is 0 Å². The highest BCUT2D eigenvalue weighted by atomic mass is 16.5. The van der Waals surface area contributed by atoms with Crippen LogP contribution in [0, 0.1) is 5.41 Å². The summed E-state index contributed by atoms with van der Waals surface area (Å²) in [5, 5.41) is 7.54. The lowest BCUT2D eigenvalue weighted by atomic mass is 10.1. The van der Waals surface area contributed by atoms with E-state index < -0.39 is 5.91 Å². The molecule has 4 rings (SSSR count). The Morgan fingerprint density at radius 1 is 1.33 bits per heavy atom. The quantitative estimate of drug-likeness (QED) is 0.778. The summed E-state index contributed by atoms with van der Waals surface area (Å²) in [6.45, 7) is 9.26. The number of aromatic nitrogens is 1. The van der Waals surface area contributed by atoms with Crippen molar-refractivity contribution in [3.05, 3.63) is 54.2 Å². The van der Waals surface area contributed by atoms with Crippen LogP contribution in [0.5, 0.6) is 5.75 Å². The zero-order chi connectivity index (χ0) is 21.4. The molecule has 8 heteroatoms. The van der Waals surface area contributed by atoms with E-state index in [1.165, 1.54) is 11.8 Å². The molecule has 1 aromatic heterocycles. The summed E-state index contributed by atoms with van der Waals surface area (Å²) in [5.41, 5.74) is 1.77. The number of carbonyl (C=O) groups excluding carboxylic acids is 2. The molecule has 8 nitrogen and oxygen atoms in total. The van der Waals surface area contributed by atoms with Crippen LogP contribution in [0.25, 0.3) is 0 Å². The van der Waals surface area contributed by atoms with E-state index in [-0.39, 0.29) is 17.7 Å². The fraction of sp³-hybridized carbons (Fsp3) is 0.364. The number of rotatable bonds is 3. The van der Waals surface area contributed by atoms with Gasteiger partial charge in [-0.1, -0.05) is 6.58 Å². The molecule has 0 aliphatic carbocycles. The minimum Gasteiger partial charge on any atom is -0.488 e. The average Bonchev–Trinajstić information content (AvgIpc) is 3.17. The van der Waals surface area contributed by atoms with Crippen LogP contribution in [0.3, 0.4) is 0 Å². The third-order valence-corrected chi connectivity index (χ3v) is 5.59. The maximum absolute atomic E-state index is 12.9. The summed E-state index contributed by atoms with van der Waals surface area (Å²) in [6, 6.07) is 2.00. The molecular weight excluding hydrogens is 382 g/mol. The number of fused-ring (bicyclic) bond motifs is 1. The first-order valence-corrected chi connectivity index (χ1v) is 10.1. The monoisotopic (exact) mass is 407 g/mol. The molecule has 0 saturated carbocycles. The number of hydrogen-bond donors (Lipinski definition) is 1. The fourth-order valence-corrected chi connectivity index (χ4v) is 3.95. The largest absolute Gasteiger partial charge is 0.488 e. The summed E-state index contributed by atoms with van der Waals surface area (Å²) < 4.78 is 5.80. The first-order chi connectivity index (χ1) is 14.4. The van der Waals surface area contributed by atoms with Crippen LogP contribution < -0.4 is 9.64 Å². The van der Waals surface area contributed by atoms with Crippen LogP contribution in [0.15, 0.2) is 48.6 Å². The lowest BCUT2D eigenvalue weighted by Crippen LogP contribution is -2.36. The second-order valence-electron chi connectivity index (χ2n) is 7.71. The molecule has 2 amide bonds. The van der Waals surface area contributed by atoms with Crippen molar-refractivity contribution in [1.29, 1.82) is 5.41 Å². The van der Waals surface area contributed by atoms with Gasteiger partial charge in [0.25, 0.3) is 11.8 Å². The Hall–Kier alpha value is -3.42. The van der Waals surface area contributed by atoms with Gasteiger partial charge in [0.15, 0.2) is 11.6 Å². The second-order valence-corrected chi connectivity index (χ2v) is 7.71. The van der Waals surface area contributed by atoms with Gasteiger partial charge in [-0.25, -0.2) is 4.98 Å². The molecule has 4 heterocycles. The Balaban J connectivity index is 1.58. The Labute approximate surface area is 175 Å². The number of anilines is 1. The Kier molecular flexibility index (Phi) is 5.15. The zero-order valence-electron chi connectivity index (χ0n) is 17.2. The SMILES string of the molecule is C=C1C=C(N2CCOc3cc(C(=O)N4CCCC4C)cnc32)C=CN1C(=O)C(C)=N. The molecule has 3 aliphatic heterocycles. The van der Waals surface area contributed by atoms with E-state index in [9.17, 15) is 9.59 Å². The number of amides is 2. The minimum atomic E-state index is -0.411. The van der Waals surface area contributed by atoms with Crippen molar-refractivity contribution < 1.29 is 14.3 Å². The summed E-state index contributed by atoms with van der Waals surface area (Å²) in [7, 11) is 0. The van der Waals surface area contributed by atoms with Gasteiger partial charge in [0.1, 0.15) is 6.61 Å². The van der Waals surface area contributed by atoms with Crippen LogP contribution in [0.2, 0.25) is 0 Å². The molecule has 156 valence electrons. The van der Waals surface area contributed by atoms with Crippen molar-refractivity contribution in [3.63, 3.8) is 0 Å². The Bertz CT molecular complexity index is 996. The summed E-state index contributed by atoms with van der Waals surface area (Å²) >= 11 is 0.